The molecule has 0 aliphatic rings. The highest BCUT2D eigenvalue weighted by Crippen LogP contribution is 2.43. The Morgan fingerprint density at radius 2 is 1.04 bits per heavy atom. The second-order valence-electron chi connectivity index (χ2n) is 16.4. The van der Waals surface area contributed by atoms with Crippen LogP contribution in [0.15, 0.2) is 12.2 Å². The maximum Gasteiger partial charge on any atom is 0.472 e. The fourth-order valence-electron chi connectivity index (χ4n) is 6.45. The SMILES string of the molecule is CCCCCCCCCCC/C=C/CCCC[C@@H](O)[C@H](COP(=O)(O)OCC[N+](C)(C)C)NC(=O)CCCCCCCCCCCCCCCCC. The number of nitrogens with one attached hydrogen (secondary N) is 1. The number of phosphoric acid groups is 1. The second kappa shape index (κ2) is 35.9. The van der Waals surface area contributed by atoms with Crippen molar-refractivity contribution in [2.45, 2.75) is 219 Å². The van der Waals surface area contributed by atoms with Crippen LogP contribution in [-0.2, 0) is 18.4 Å². The van der Waals surface area contributed by atoms with Gasteiger partial charge in [-0.1, -0.05) is 174 Å². The van der Waals surface area contributed by atoms with Gasteiger partial charge < -0.3 is 19.8 Å². The third kappa shape index (κ3) is 37.6. The Labute approximate surface area is 322 Å². The quantitative estimate of drug-likeness (QED) is 0.0249. The minimum atomic E-state index is -4.31. The van der Waals surface area contributed by atoms with Crippen LogP contribution in [0, 0.1) is 0 Å². The predicted molar refractivity (Wildman–Crippen MR) is 222 cm³/mol. The summed E-state index contributed by atoms with van der Waals surface area (Å²) in [7, 11) is 1.61. The summed E-state index contributed by atoms with van der Waals surface area (Å²) in [5.41, 5.74) is 0. The Balaban J connectivity index is 4.40. The molecule has 0 saturated carbocycles. The molecule has 1 unspecified atom stereocenters. The Kier molecular flexibility index (Phi) is 35.4. The number of aliphatic hydroxyl groups is 1. The highest BCUT2D eigenvalue weighted by molar-refractivity contribution is 7.47. The largest absolute Gasteiger partial charge is 0.472 e. The molecule has 310 valence electrons. The van der Waals surface area contributed by atoms with Crippen molar-refractivity contribution in [3.05, 3.63) is 12.2 Å². The number of amides is 1. The summed E-state index contributed by atoms with van der Waals surface area (Å²) in [6, 6.07) is -0.770. The number of hydrogen-bond acceptors (Lipinski definition) is 5. The van der Waals surface area contributed by atoms with E-state index in [1.54, 1.807) is 0 Å². The number of rotatable bonds is 40. The van der Waals surface area contributed by atoms with Gasteiger partial charge in [0.05, 0.1) is 39.9 Å². The molecule has 0 aromatic heterocycles. The second-order valence-corrected chi connectivity index (χ2v) is 17.9. The zero-order valence-electron chi connectivity index (χ0n) is 35.1. The first kappa shape index (κ1) is 51.2. The first-order valence-electron chi connectivity index (χ1n) is 22.1. The molecule has 0 spiro atoms. The van der Waals surface area contributed by atoms with Crippen molar-refractivity contribution in [3.63, 3.8) is 0 Å². The van der Waals surface area contributed by atoms with E-state index in [0.717, 1.165) is 44.9 Å². The van der Waals surface area contributed by atoms with Crippen LogP contribution in [0.2, 0.25) is 0 Å². The average molecular weight is 760 g/mol. The van der Waals surface area contributed by atoms with Gasteiger partial charge in [0.1, 0.15) is 13.2 Å². The third-order valence-electron chi connectivity index (χ3n) is 10.0. The van der Waals surface area contributed by atoms with Crippen molar-refractivity contribution in [2.24, 2.45) is 0 Å². The lowest BCUT2D eigenvalue weighted by Gasteiger charge is -2.26. The van der Waals surface area contributed by atoms with E-state index in [1.165, 1.54) is 135 Å². The molecule has 0 heterocycles. The standard InChI is InChI=1S/C43H87N2O6P/c1-6-8-10-12-14-16-18-20-22-24-26-28-30-32-34-36-42(46)41(40-51-52(48,49)50-39-38-45(3,4)5)44-43(47)37-35-33-31-29-27-25-23-21-19-17-15-13-11-9-7-2/h26,28,41-42,46H,6-25,27,29-40H2,1-5H3,(H-,44,47,48,49)/p+1/b28-26+/t41-,42+/m0/s1. The molecule has 0 bridgehead atoms. The maximum atomic E-state index is 12.9. The molecule has 1 amide bonds. The molecular formula is C43H88N2O6P+. The molecule has 3 atom stereocenters. The molecule has 0 aliphatic heterocycles. The number of carbonyl (C=O) groups excluding carboxylic acids is 1. The van der Waals surface area contributed by atoms with Gasteiger partial charge >= 0.3 is 7.82 Å². The molecule has 9 heteroatoms. The van der Waals surface area contributed by atoms with E-state index in [1.807, 2.05) is 21.1 Å². The number of aliphatic hydroxyl groups excluding tert-OH is 1. The zero-order valence-corrected chi connectivity index (χ0v) is 36.0. The molecule has 0 fully saturated rings. The van der Waals surface area contributed by atoms with Crippen molar-refractivity contribution >= 4 is 13.7 Å². The van der Waals surface area contributed by atoms with Crippen LogP contribution in [0.25, 0.3) is 0 Å². The molecule has 0 aromatic rings. The number of likely N-dealkylation sites (N-methyl/N-ethyl adjacent to an activating group) is 1. The normalized spacial score (nSPS) is 14.5. The van der Waals surface area contributed by atoms with E-state index in [9.17, 15) is 19.4 Å². The van der Waals surface area contributed by atoms with E-state index in [4.69, 9.17) is 9.05 Å². The minimum absolute atomic E-state index is 0.0721. The van der Waals surface area contributed by atoms with Gasteiger partial charge in [-0.2, -0.15) is 0 Å². The monoisotopic (exact) mass is 760 g/mol. The van der Waals surface area contributed by atoms with Crippen LogP contribution in [-0.4, -0.2) is 73.4 Å². The number of unbranched alkanes of at least 4 members (excludes halogenated alkanes) is 25. The van der Waals surface area contributed by atoms with Crippen molar-refractivity contribution < 1.29 is 32.9 Å². The fourth-order valence-corrected chi connectivity index (χ4v) is 7.19. The summed E-state index contributed by atoms with van der Waals surface area (Å²) in [4.78, 5) is 23.1. The molecule has 52 heavy (non-hydrogen) atoms. The van der Waals surface area contributed by atoms with Gasteiger partial charge in [0, 0.05) is 6.42 Å². The molecule has 0 aromatic carbocycles. The summed E-state index contributed by atoms with van der Waals surface area (Å²) in [5.74, 6) is -0.152. The van der Waals surface area contributed by atoms with Crippen LogP contribution in [0.3, 0.4) is 0 Å². The van der Waals surface area contributed by atoms with Crippen molar-refractivity contribution in [3.8, 4) is 0 Å². The average Bonchev–Trinajstić information content (AvgIpc) is 3.09. The van der Waals surface area contributed by atoms with Crippen LogP contribution in [0.1, 0.15) is 206 Å². The Bertz CT molecular complexity index is 865. The van der Waals surface area contributed by atoms with Gasteiger partial charge in [0.15, 0.2) is 0 Å². The van der Waals surface area contributed by atoms with Crippen LogP contribution >= 0.6 is 7.82 Å². The topological polar surface area (TPSA) is 105 Å². The number of phosphoric ester groups is 1. The highest BCUT2D eigenvalue weighted by Gasteiger charge is 2.28. The number of carbonyl (C=O) groups is 1. The van der Waals surface area contributed by atoms with Gasteiger partial charge in [0.25, 0.3) is 0 Å². The molecule has 0 rings (SSSR count). The molecule has 0 radical (unpaired) electrons. The van der Waals surface area contributed by atoms with E-state index in [-0.39, 0.29) is 19.1 Å². The Morgan fingerprint density at radius 1 is 0.635 bits per heavy atom. The lowest BCUT2D eigenvalue weighted by Crippen LogP contribution is -2.46. The lowest BCUT2D eigenvalue weighted by atomic mass is 10.0. The van der Waals surface area contributed by atoms with E-state index in [0.29, 0.717) is 23.9 Å². The van der Waals surface area contributed by atoms with Gasteiger partial charge in [-0.3, -0.25) is 13.8 Å². The first-order chi connectivity index (χ1) is 25.0. The Hall–Kier alpha value is -0.760. The number of hydrogen-bond donors (Lipinski definition) is 3. The smallest absolute Gasteiger partial charge is 0.391 e. The summed E-state index contributed by atoms with van der Waals surface area (Å²) < 4.78 is 23.6. The van der Waals surface area contributed by atoms with E-state index >= 15 is 0 Å². The maximum absolute atomic E-state index is 12.9. The van der Waals surface area contributed by atoms with Gasteiger partial charge in [0.2, 0.25) is 5.91 Å². The summed E-state index contributed by atoms with van der Waals surface area (Å²) in [6.45, 7) is 4.87. The van der Waals surface area contributed by atoms with E-state index < -0.39 is 20.0 Å². The Morgan fingerprint density at radius 3 is 1.48 bits per heavy atom. The number of allylic oxidation sites excluding steroid dienone is 2. The molecular weight excluding hydrogens is 671 g/mol. The summed E-state index contributed by atoms with van der Waals surface area (Å²) >= 11 is 0. The van der Waals surface area contributed by atoms with Crippen molar-refractivity contribution in [2.75, 3.05) is 40.9 Å². The molecule has 8 nitrogen and oxygen atoms in total. The van der Waals surface area contributed by atoms with Crippen molar-refractivity contribution in [1.29, 1.82) is 0 Å². The zero-order chi connectivity index (χ0) is 38.6. The van der Waals surface area contributed by atoms with Gasteiger partial charge in [-0.05, 0) is 38.5 Å². The highest BCUT2D eigenvalue weighted by atomic mass is 31.2. The predicted octanol–water partition coefficient (Wildman–Crippen LogP) is 12.0. The van der Waals surface area contributed by atoms with Crippen LogP contribution in [0.5, 0.6) is 0 Å². The first-order valence-corrected chi connectivity index (χ1v) is 23.5. The van der Waals surface area contributed by atoms with Gasteiger partial charge in [-0.25, -0.2) is 4.57 Å². The van der Waals surface area contributed by atoms with Crippen LogP contribution in [0.4, 0.5) is 0 Å². The molecule has 0 aliphatic carbocycles. The number of nitrogens with zero attached hydrogens (tertiary/aromatic N) is 1. The fraction of sp³-hybridized carbons (Fsp3) is 0.930. The summed E-state index contributed by atoms with van der Waals surface area (Å²) in [6.07, 6.45) is 39.5. The van der Waals surface area contributed by atoms with E-state index in [2.05, 4.69) is 31.3 Å². The molecule has 3 N–H and O–H groups in total. The molecule has 0 saturated heterocycles. The lowest BCUT2D eigenvalue weighted by molar-refractivity contribution is -0.870. The minimum Gasteiger partial charge on any atom is -0.391 e. The summed E-state index contributed by atoms with van der Waals surface area (Å²) in [5, 5.41) is 13.9. The third-order valence-corrected chi connectivity index (χ3v) is 11.0. The number of quaternary nitrogens is 1. The van der Waals surface area contributed by atoms with Gasteiger partial charge in [-0.15, -0.1) is 0 Å². The van der Waals surface area contributed by atoms with Crippen molar-refractivity contribution in [1.82, 2.24) is 5.32 Å². The van der Waals surface area contributed by atoms with Crippen LogP contribution < -0.4 is 5.32 Å².